The summed E-state index contributed by atoms with van der Waals surface area (Å²) in [5.41, 5.74) is -0.578. The van der Waals surface area contributed by atoms with Crippen molar-refractivity contribution in [2.45, 2.75) is 59.3 Å². The van der Waals surface area contributed by atoms with Gasteiger partial charge in [-0.15, -0.1) is 0 Å². The zero-order valence-corrected chi connectivity index (χ0v) is 10.8. The van der Waals surface area contributed by atoms with Gasteiger partial charge < -0.3 is 14.8 Å². The van der Waals surface area contributed by atoms with Crippen LogP contribution >= 0.6 is 0 Å². The summed E-state index contributed by atoms with van der Waals surface area (Å²) in [6.45, 7) is 10.3. The molecule has 0 saturated carbocycles. The molecule has 0 aromatic carbocycles. The SMILES string of the molecule is CC(C)OC(=O)C(C)NC(=O)OC(C)(C)C. The Morgan fingerprint density at radius 3 is 2.00 bits per heavy atom. The molecule has 0 aliphatic carbocycles. The Kier molecular flexibility index (Phi) is 5.27. The van der Waals surface area contributed by atoms with Gasteiger partial charge in [-0.25, -0.2) is 9.59 Å². The lowest BCUT2D eigenvalue weighted by molar-refractivity contribution is -0.149. The van der Waals surface area contributed by atoms with Crippen LogP contribution in [0.25, 0.3) is 0 Å². The molecule has 0 aromatic rings. The standard InChI is InChI=1S/C11H21NO4/c1-7(2)15-9(13)8(3)12-10(14)16-11(4,5)6/h7-8H,1-6H3,(H,12,14). The van der Waals surface area contributed by atoms with E-state index in [0.717, 1.165) is 0 Å². The van der Waals surface area contributed by atoms with E-state index in [4.69, 9.17) is 9.47 Å². The first kappa shape index (κ1) is 14.7. The molecule has 0 aliphatic rings. The average Bonchev–Trinajstić information content (AvgIpc) is 1.98. The summed E-state index contributed by atoms with van der Waals surface area (Å²) in [5.74, 6) is -0.471. The van der Waals surface area contributed by atoms with Gasteiger partial charge in [0.15, 0.2) is 0 Å². The van der Waals surface area contributed by atoms with Crippen LogP contribution in [0.5, 0.6) is 0 Å². The minimum absolute atomic E-state index is 0.199. The van der Waals surface area contributed by atoms with Crippen LogP contribution in [0.3, 0.4) is 0 Å². The van der Waals surface area contributed by atoms with E-state index in [-0.39, 0.29) is 6.10 Å². The van der Waals surface area contributed by atoms with Gasteiger partial charge in [-0.3, -0.25) is 0 Å². The zero-order valence-electron chi connectivity index (χ0n) is 10.8. The van der Waals surface area contributed by atoms with Crippen LogP contribution in [0, 0.1) is 0 Å². The molecule has 5 nitrogen and oxygen atoms in total. The molecule has 0 bridgehead atoms. The minimum Gasteiger partial charge on any atom is -0.461 e. The van der Waals surface area contributed by atoms with Crippen LogP contribution in [0.4, 0.5) is 4.79 Å². The predicted molar refractivity (Wildman–Crippen MR) is 60.1 cm³/mol. The Labute approximate surface area is 96.5 Å². The second-order valence-corrected chi connectivity index (χ2v) is 4.85. The van der Waals surface area contributed by atoms with E-state index in [9.17, 15) is 9.59 Å². The topological polar surface area (TPSA) is 64.6 Å². The first-order chi connectivity index (χ1) is 7.11. The van der Waals surface area contributed by atoms with E-state index < -0.39 is 23.7 Å². The van der Waals surface area contributed by atoms with Crippen molar-refractivity contribution in [3.05, 3.63) is 0 Å². The van der Waals surface area contributed by atoms with E-state index >= 15 is 0 Å². The molecule has 94 valence electrons. The summed E-state index contributed by atoms with van der Waals surface area (Å²) < 4.78 is 9.94. The number of esters is 1. The number of rotatable bonds is 3. The molecule has 1 N–H and O–H groups in total. The zero-order chi connectivity index (χ0) is 12.9. The van der Waals surface area contributed by atoms with Gasteiger partial charge >= 0.3 is 12.1 Å². The van der Waals surface area contributed by atoms with Crippen LogP contribution in [-0.4, -0.2) is 29.8 Å². The minimum atomic E-state index is -0.711. The van der Waals surface area contributed by atoms with Crippen LogP contribution < -0.4 is 5.32 Å². The first-order valence-corrected chi connectivity index (χ1v) is 5.32. The first-order valence-electron chi connectivity index (χ1n) is 5.32. The third kappa shape index (κ3) is 7.09. The average molecular weight is 231 g/mol. The summed E-state index contributed by atoms with van der Waals surface area (Å²) in [7, 11) is 0. The van der Waals surface area contributed by atoms with Crippen LogP contribution in [-0.2, 0) is 14.3 Å². The molecule has 1 atom stereocenters. The summed E-state index contributed by atoms with van der Waals surface area (Å²) >= 11 is 0. The van der Waals surface area contributed by atoms with Gasteiger partial charge in [-0.1, -0.05) is 0 Å². The Bertz CT molecular complexity index is 255. The van der Waals surface area contributed by atoms with Gasteiger partial charge in [0, 0.05) is 0 Å². The van der Waals surface area contributed by atoms with Gasteiger partial charge in [-0.2, -0.15) is 0 Å². The second-order valence-electron chi connectivity index (χ2n) is 4.85. The van der Waals surface area contributed by atoms with E-state index in [1.807, 2.05) is 0 Å². The molecule has 0 rings (SSSR count). The van der Waals surface area contributed by atoms with Gasteiger partial charge in [0.25, 0.3) is 0 Å². The molecule has 0 radical (unpaired) electrons. The van der Waals surface area contributed by atoms with Crippen LogP contribution in [0.1, 0.15) is 41.5 Å². The van der Waals surface area contributed by atoms with E-state index in [0.29, 0.717) is 0 Å². The molecule has 0 fully saturated rings. The number of amides is 1. The Hall–Kier alpha value is -1.26. The van der Waals surface area contributed by atoms with E-state index in [2.05, 4.69) is 5.32 Å². The summed E-state index contributed by atoms with van der Waals surface area (Å²) in [6, 6.07) is -0.711. The Balaban J connectivity index is 4.09. The number of hydrogen-bond donors (Lipinski definition) is 1. The van der Waals surface area contributed by atoms with Crippen molar-refractivity contribution < 1.29 is 19.1 Å². The number of nitrogens with one attached hydrogen (secondary N) is 1. The molecule has 1 amide bonds. The molecule has 0 saturated heterocycles. The van der Waals surface area contributed by atoms with Crippen LogP contribution in [0.2, 0.25) is 0 Å². The van der Waals surface area contributed by atoms with Crippen molar-refractivity contribution in [3.63, 3.8) is 0 Å². The maximum absolute atomic E-state index is 11.4. The van der Waals surface area contributed by atoms with E-state index in [1.165, 1.54) is 0 Å². The number of hydrogen-bond acceptors (Lipinski definition) is 4. The molecule has 1 unspecified atom stereocenters. The fraction of sp³-hybridized carbons (Fsp3) is 0.818. The van der Waals surface area contributed by atoms with Crippen molar-refractivity contribution in [2.75, 3.05) is 0 Å². The van der Waals surface area contributed by atoms with Crippen molar-refractivity contribution in [3.8, 4) is 0 Å². The largest absolute Gasteiger partial charge is 0.461 e. The van der Waals surface area contributed by atoms with Gasteiger partial charge in [-0.05, 0) is 41.5 Å². The third-order valence-electron chi connectivity index (χ3n) is 1.44. The highest BCUT2D eigenvalue weighted by Gasteiger charge is 2.22. The maximum atomic E-state index is 11.4. The summed E-state index contributed by atoms with van der Waals surface area (Å²) in [5, 5.41) is 2.41. The third-order valence-corrected chi connectivity index (χ3v) is 1.44. The number of alkyl carbamates (subject to hydrolysis) is 1. The Morgan fingerprint density at radius 2 is 1.62 bits per heavy atom. The lowest BCUT2D eigenvalue weighted by atomic mass is 10.2. The molecular formula is C11H21NO4. The van der Waals surface area contributed by atoms with E-state index in [1.54, 1.807) is 41.5 Å². The van der Waals surface area contributed by atoms with Crippen LogP contribution in [0.15, 0.2) is 0 Å². The van der Waals surface area contributed by atoms with Crippen molar-refractivity contribution >= 4 is 12.1 Å². The van der Waals surface area contributed by atoms with Crippen molar-refractivity contribution in [1.82, 2.24) is 5.32 Å². The van der Waals surface area contributed by atoms with Gasteiger partial charge in [0.1, 0.15) is 11.6 Å². The fourth-order valence-corrected chi connectivity index (χ4v) is 0.878. The lowest BCUT2D eigenvalue weighted by Crippen LogP contribution is -2.42. The predicted octanol–water partition coefficient (Wildman–Crippen LogP) is 1.85. The summed E-state index contributed by atoms with van der Waals surface area (Å²) in [4.78, 5) is 22.7. The normalized spacial score (nSPS) is 13.2. The highest BCUT2D eigenvalue weighted by molar-refractivity contribution is 5.81. The Morgan fingerprint density at radius 1 is 1.12 bits per heavy atom. The maximum Gasteiger partial charge on any atom is 0.408 e. The molecular weight excluding hydrogens is 210 g/mol. The molecule has 5 heteroatoms. The smallest absolute Gasteiger partial charge is 0.408 e. The van der Waals surface area contributed by atoms with Gasteiger partial charge in [0.05, 0.1) is 6.10 Å². The van der Waals surface area contributed by atoms with Crippen molar-refractivity contribution in [1.29, 1.82) is 0 Å². The molecule has 0 aromatic heterocycles. The molecule has 0 aliphatic heterocycles. The quantitative estimate of drug-likeness (QED) is 0.753. The highest BCUT2D eigenvalue weighted by Crippen LogP contribution is 2.07. The fourth-order valence-electron chi connectivity index (χ4n) is 0.878. The highest BCUT2D eigenvalue weighted by atomic mass is 16.6. The monoisotopic (exact) mass is 231 g/mol. The molecule has 16 heavy (non-hydrogen) atoms. The number of carbonyl (C=O) groups is 2. The molecule has 0 heterocycles. The number of ether oxygens (including phenoxy) is 2. The molecule has 0 spiro atoms. The number of carbonyl (C=O) groups excluding carboxylic acids is 2. The lowest BCUT2D eigenvalue weighted by Gasteiger charge is -2.21. The van der Waals surface area contributed by atoms with Crippen molar-refractivity contribution in [2.24, 2.45) is 0 Å². The summed E-state index contributed by atoms with van der Waals surface area (Å²) in [6.07, 6.45) is -0.823. The van der Waals surface area contributed by atoms with Gasteiger partial charge in [0.2, 0.25) is 0 Å². The second kappa shape index (κ2) is 5.72.